The van der Waals surface area contributed by atoms with Gasteiger partial charge >= 0.3 is 0 Å². The lowest BCUT2D eigenvalue weighted by Crippen LogP contribution is -2.48. The van der Waals surface area contributed by atoms with E-state index in [1.165, 1.54) is 25.7 Å². The summed E-state index contributed by atoms with van der Waals surface area (Å²) in [6, 6.07) is 0. The maximum Gasteiger partial charge on any atom is 0.0217 e. The smallest absolute Gasteiger partial charge is 0.0217 e. The molecule has 0 nitrogen and oxygen atoms in total. The Labute approximate surface area is 80.0 Å². The maximum absolute atomic E-state index is 2.45. The third-order valence-corrected chi connectivity index (χ3v) is 4.35. The van der Waals surface area contributed by atoms with Crippen LogP contribution in [-0.4, -0.2) is 0 Å². The predicted octanol–water partition coefficient (Wildman–Crippen LogP) is 3.62. The first-order valence-corrected chi connectivity index (χ1v) is 5.36. The lowest BCUT2D eigenvalue weighted by atomic mass is 9.46. The van der Waals surface area contributed by atoms with Gasteiger partial charge in [0.25, 0.3) is 0 Å². The summed E-state index contributed by atoms with van der Waals surface area (Å²) in [5.41, 5.74) is 2.46. The van der Waals surface area contributed by atoms with Crippen molar-refractivity contribution in [2.24, 2.45) is 10.8 Å². The van der Waals surface area contributed by atoms with Gasteiger partial charge in [-0.2, -0.15) is 0 Å². The van der Waals surface area contributed by atoms with Crippen molar-refractivity contribution in [3.8, 4) is 0 Å². The van der Waals surface area contributed by atoms with Gasteiger partial charge in [0.05, 0.1) is 0 Å². The van der Waals surface area contributed by atoms with Crippen LogP contribution in [0.3, 0.4) is 0 Å². The Hall–Kier alpha value is -0.780. The fraction of sp³-hybridized carbons (Fsp3) is 0.538. The fourth-order valence-corrected chi connectivity index (χ4v) is 3.44. The van der Waals surface area contributed by atoms with Crippen molar-refractivity contribution in [3.05, 3.63) is 36.0 Å². The number of rotatable bonds is 0. The largest absolute Gasteiger partial charge is 0.0764 e. The van der Waals surface area contributed by atoms with Crippen molar-refractivity contribution < 1.29 is 0 Å². The van der Waals surface area contributed by atoms with Crippen molar-refractivity contribution in [2.45, 2.75) is 32.6 Å². The Bertz CT molecular complexity index is 332. The van der Waals surface area contributed by atoms with Gasteiger partial charge in [-0.1, -0.05) is 48.8 Å². The van der Waals surface area contributed by atoms with Gasteiger partial charge in [0.1, 0.15) is 0 Å². The third kappa shape index (κ3) is 0.688. The molecule has 3 aliphatic carbocycles. The number of hydrogen-bond acceptors (Lipinski definition) is 0. The zero-order valence-corrected chi connectivity index (χ0v) is 8.22. The van der Waals surface area contributed by atoms with Crippen molar-refractivity contribution in [1.29, 1.82) is 0 Å². The van der Waals surface area contributed by atoms with Crippen LogP contribution in [0.5, 0.6) is 0 Å². The molecule has 0 spiro atoms. The summed E-state index contributed by atoms with van der Waals surface area (Å²) in [7, 11) is 0. The molecule has 0 bridgehead atoms. The SMILES string of the molecule is CC1=CC=C[C@]23C=C[C@]12CCCC3. The summed E-state index contributed by atoms with van der Waals surface area (Å²) in [5.74, 6) is 0. The Morgan fingerprint density at radius 1 is 1.08 bits per heavy atom. The van der Waals surface area contributed by atoms with Crippen LogP contribution in [0.1, 0.15) is 32.6 Å². The Balaban J connectivity index is 2.15. The zero-order chi connectivity index (χ0) is 8.94. The van der Waals surface area contributed by atoms with E-state index in [1.807, 2.05) is 0 Å². The standard InChI is InChI=1S/C13H16/c1-11-5-4-7-12-6-2-3-8-13(11,12)10-9-12/h4-5,7,9-10H,2-3,6,8H2,1H3/t12-,13-/m1/s1. The summed E-state index contributed by atoms with van der Waals surface area (Å²) in [4.78, 5) is 0. The van der Waals surface area contributed by atoms with E-state index in [0.717, 1.165) is 0 Å². The van der Waals surface area contributed by atoms with Crippen LogP contribution in [0.4, 0.5) is 0 Å². The molecule has 0 heterocycles. The normalized spacial score (nSPS) is 46.1. The van der Waals surface area contributed by atoms with E-state index in [1.54, 1.807) is 5.57 Å². The van der Waals surface area contributed by atoms with Crippen LogP contribution in [0.25, 0.3) is 0 Å². The second-order valence-corrected chi connectivity index (χ2v) is 4.76. The molecular formula is C13H16. The molecule has 0 heteroatoms. The summed E-state index contributed by atoms with van der Waals surface area (Å²) in [6.45, 7) is 2.30. The van der Waals surface area contributed by atoms with E-state index in [-0.39, 0.29) is 0 Å². The molecule has 2 atom stereocenters. The van der Waals surface area contributed by atoms with E-state index in [0.29, 0.717) is 10.8 Å². The topological polar surface area (TPSA) is 0 Å². The third-order valence-electron chi connectivity index (χ3n) is 4.35. The van der Waals surface area contributed by atoms with Gasteiger partial charge < -0.3 is 0 Å². The van der Waals surface area contributed by atoms with Crippen molar-refractivity contribution in [1.82, 2.24) is 0 Å². The van der Waals surface area contributed by atoms with Gasteiger partial charge in [0.2, 0.25) is 0 Å². The molecule has 0 aromatic heterocycles. The lowest BCUT2D eigenvalue weighted by Gasteiger charge is -2.58. The van der Waals surface area contributed by atoms with Crippen molar-refractivity contribution in [2.75, 3.05) is 0 Å². The Morgan fingerprint density at radius 2 is 1.92 bits per heavy atom. The van der Waals surface area contributed by atoms with Crippen LogP contribution in [0.15, 0.2) is 36.0 Å². The molecule has 0 saturated heterocycles. The summed E-state index contributed by atoms with van der Waals surface area (Å²) < 4.78 is 0. The van der Waals surface area contributed by atoms with Gasteiger partial charge in [-0.25, -0.2) is 0 Å². The molecule has 13 heavy (non-hydrogen) atoms. The molecular weight excluding hydrogens is 156 g/mol. The molecule has 1 saturated carbocycles. The first-order chi connectivity index (χ1) is 6.29. The fourth-order valence-electron chi connectivity index (χ4n) is 3.44. The van der Waals surface area contributed by atoms with Crippen LogP contribution in [-0.2, 0) is 0 Å². The minimum Gasteiger partial charge on any atom is -0.0764 e. The van der Waals surface area contributed by atoms with E-state index >= 15 is 0 Å². The highest BCUT2D eigenvalue weighted by molar-refractivity contribution is 5.47. The summed E-state index contributed by atoms with van der Waals surface area (Å²) in [6.07, 6.45) is 17.4. The molecule has 3 aliphatic rings. The highest BCUT2D eigenvalue weighted by Gasteiger charge is 2.55. The van der Waals surface area contributed by atoms with Crippen molar-refractivity contribution in [3.63, 3.8) is 0 Å². The minimum absolute atomic E-state index is 0.435. The highest BCUT2D eigenvalue weighted by Crippen LogP contribution is 2.64. The minimum atomic E-state index is 0.435. The second-order valence-electron chi connectivity index (χ2n) is 4.76. The monoisotopic (exact) mass is 172 g/mol. The average Bonchev–Trinajstić information content (AvgIpc) is 2.11. The molecule has 0 unspecified atom stereocenters. The highest BCUT2D eigenvalue weighted by atomic mass is 14.6. The van der Waals surface area contributed by atoms with Crippen LogP contribution in [0, 0.1) is 10.8 Å². The molecule has 0 radical (unpaired) electrons. The quantitative estimate of drug-likeness (QED) is 0.489. The van der Waals surface area contributed by atoms with E-state index in [4.69, 9.17) is 0 Å². The molecule has 0 aromatic rings. The Morgan fingerprint density at radius 3 is 2.62 bits per heavy atom. The van der Waals surface area contributed by atoms with E-state index in [9.17, 15) is 0 Å². The first-order valence-electron chi connectivity index (χ1n) is 5.36. The average molecular weight is 172 g/mol. The molecule has 68 valence electrons. The first kappa shape index (κ1) is 7.61. The maximum atomic E-state index is 2.45. The number of hydrogen-bond donors (Lipinski definition) is 0. The lowest BCUT2D eigenvalue weighted by molar-refractivity contribution is 0.122. The van der Waals surface area contributed by atoms with E-state index in [2.05, 4.69) is 37.3 Å². The van der Waals surface area contributed by atoms with Gasteiger partial charge in [0.15, 0.2) is 0 Å². The molecule has 1 fully saturated rings. The van der Waals surface area contributed by atoms with Crippen LogP contribution in [0.2, 0.25) is 0 Å². The number of allylic oxidation sites excluding steroid dienone is 6. The molecule has 0 aromatic carbocycles. The van der Waals surface area contributed by atoms with Crippen LogP contribution >= 0.6 is 0 Å². The van der Waals surface area contributed by atoms with Gasteiger partial charge in [-0.3, -0.25) is 0 Å². The van der Waals surface area contributed by atoms with Gasteiger partial charge in [-0.15, -0.1) is 0 Å². The Kier molecular flexibility index (Phi) is 1.27. The van der Waals surface area contributed by atoms with Crippen molar-refractivity contribution >= 4 is 0 Å². The molecule has 0 N–H and O–H groups in total. The zero-order valence-electron chi connectivity index (χ0n) is 8.22. The second kappa shape index (κ2) is 2.17. The van der Waals surface area contributed by atoms with E-state index < -0.39 is 0 Å². The van der Waals surface area contributed by atoms with Gasteiger partial charge in [-0.05, 0) is 19.8 Å². The summed E-state index contributed by atoms with van der Waals surface area (Å²) in [5, 5.41) is 0. The van der Waals surface area contributed by atoms with Crippen LogP contribution < -0.4 is 0 Å². The molecule has 0 amide bonds. The molecule has 3 rings (SSSR count). The summed E-state index contributed by atoms with van der Waals surface area (Å²) >= 11 is 0. The molecule has 0 aliphatic heterocycles. The predicted molar refractivity (Wildman–Crippen MR) is 55.4 cm³/mol. The van der Waals surface area contributed by atoms with Gasteiger partial charge in [0, 0.05) is 10.8 Å².